The van der Waals surface area contributed by atoms with E-state index in [2.05, 4.69) is 15.6 Å². The second-order valence-electron chi connectivity index (χ2n) is 8.69. The van der Waals surface area contributed by atoms with Crippen LogP contribution in [0.25, 0.3) is 22.6 Å². The maximum Gasteiger partial charge on any atom is 0.270 e. The second-order valence-corrected chi connectivity index (χ2v) is 9.10. The summed E-state index contributed by atoms with van der Waals surface area (Å²) in [6.07, 6.45) is 0. The van der Waals surface area contributed by atoms with Gasteiger partial charge in [-0.15, -0.1) is 0 Å². The van der Waals surface area contributed by atoms with Crippen molar-refractivity contribution in [3.8, 4) is 17.2 Å². The molecule has 12 heteroatoms. The molecular formula is C26H23N5O6S. The molecule has 3 aromatic carbocycles. The van der Waals surface area contributed by atoms with Crippen molar-refractivity contribution in [2.75, 3.05) is 36.5 Å². The number of ether oxygens (including phenoxy) is 1. The van der Waals surface area contributed by atoms with Gasteiger partial charge in [-0.1, -0.05) is 6.07 Å². The van der Waals surface area contributed by atoms with Gasteiger partial charge in [0.25, 0.3) is 11.6 Å². The number of rotatable bonds is 5. The molecule has 0 aliphatic carbocycles. The van der Waals surface area contributed by atoms with Crippen LogP contribution in [-0.2, 0) is 4.74 Å². The number of phenolic OH excluding ortho intramolecular Hbond substituents is 1. The number of nitro groups is 1. The molecule has 0 atom stereocenters. The van der Waals surface area contributed by atoms with Gasteiger partial charge in [0.2, 0.25) is 5.89 Å². The van der Waals surface area contributed by atoms with E-state index in [0.717, 1.165) is 5.56 Å². The highest BCUT2D eigenvalue weighted by Crippen LogP contribution is 2.33. The Balaban J connectivity index is 1.32. The van der Waals surface area contributed by atoms with E-state index in [1.54, 1.807) is 18.2 Å². The normalized spacial score (nSPS) is 13.3. The lowest BCUT2D eigenvalue weighted by Crippen LogP contribution is -2.39. The molecule has 3 N–H and O–H groups in total. The Morgan fingerprint density at radius 2 is 1.92 bits per heavy atom. The van der Waals surface area contributed by atoms with Crippen molar-refractivity contribution in [1.29, 1.82) is 0 Å². The number of anilines is 2. The highest BCUT2D eigenvalue weighted by molar-refractivity contribution is 7.80. The Morgan fingerprint density at radius 1 is 1.13 bits per heavy atom. The zero-order valence-corrected chi connectivity index (χ0v) is 21.1. The molecule has 4 aromatic rings. The van der Waals surface area contributed by atoms with Gasteiger partial charge in [0.05, 0.1) is 35.0 Å². The Bertz CT molecular complexity index is 1560. The summed E-state index contributed by atoms with van der Waals surface area (Å²) in [6, 6.07) is 14.5. The first-order valence-corrected chi connectivity index (χ1v) is 12.1. The van der Waals surface area contributed by atoms with Gasteiger partial charge in [0.1, 0.15) is 11.3 Å². The van der Waals surface area contributed by atoms with Crippen LogP contribution in [0.2, 0.25) is 0 Å². The average molecular weight is 534 g/mol. The van der Waals surface area contributed by atoms with Crippen LogP contribution in [0.1, 0.15) is 15.9 Å². The second kappa shape index (κ2) is 10.4. The lowest BCUT2D eigenvalue weighted by molar-refractivity contribution is -0.384. The number of aryl methyl sites for hydroxylation is 1. The SMILES string of the molecule is Cc1ccc2nc(-c3ccc(NC(=S)NC(=O)c4cc([N+](=O)[O-])ccc4N4CCOCC4)cc3O)oc2c1. The lowest BCUT2D eigenvalue weighted by atomic mass is 10.1. The Kier molecular flexibility index (Phi) is 6.90. The van der Waals surface area contributed by atoms with E-state index in [0.29, 0.717) is 54.3 Å². The van der Waals surface area contributed by atoms with Crippen molar-refractivity contribution in [3.63, 3.8) is 0 Å². The number of aromatic hydroxyl groups is 1. The van der Waals surface area contributed by atoms with Crippen molar-refractivity contribution in [3.05, 3.63) is 75.8 Å². The van der Waals surface area contributed by atoms with Gasteiger partial charge >= 0.3 is 0 Å². The smallest absolute Gasteiger partial charge is 0.270 e. The fourth-order valence-corrected chi connectivity index (χ4v) is 4.38. The lowest BCUT2D eigenvalue weighted by Gasteiger charge is -2.30. The van der Waals surface area contributed by atoms with Crippen molar-refractivity contribution in [2.45, 2.75) is 6.92 Å². The third-order valence-corrected chi connectivity index (χ3v) is 6.25. The highest BCUT2D eigenvalue weighted by atomic mass is 32.1. The predicted octanol–water partition coefficient (Wildman–Crippen LogP) is 4.38. The van der Waals surface area contributed by atoms with Gasteiger partial charge in [0.15, 0.2) is 10.7 Å². The minimum atomic E-state index is -0.602. The zero-order chi connectivity index (χ0) is 26.8. The number of nitrogens with zero attached hydrogens (tertiary/aromatic N) is 3. The molecule has 194 valence electrons. The van der Waals surface area contributed by atoms with Crippen LogP contribution in [0.15, 0.2) is 59.0 Å². The molecule has 0 saturated carbocycles. The van der Waals surface area contributed by atoms with E-state index in [-0.39, 0.29) is 28.0 Å². The quantitative estimate of drug-likeness (QED) is 0.192. The fourth-order valence-electron chi connectivity index (χ4n) is 4.17. The number of nitro benzene ring substituents is 1. The summed E-state index contributed by atoms with van der Waals surface area (Å²) >= 11 is 5.30. The molecular weight excluding hydrogens is 510 g/mol. The summed E-state index contributed by atoms with van der Waals surface area (Å²) in [5.74, 6) is -0.428. The number of hydrogen-bond donors (Lipinski definition) is 3. The molecule has 1 amide bonds. The predicted molar refractivity (Wildman–Crippen MR) is 146 cm³/mol. The maximum absolute atomic E-state index is 13.1. The number of fused-ring (bicyclic) bond motifs is 1. The number of non-ortho nitro benzene ring substituents is 1. The van der Waals surface area contributed by atoms with E-state index < -0.39 is 10.8 Å². The Labute approximate surface area is 222 Å². The molecule has 1 saturated heterocycles. The van der Waals surface area contributed by atoms with Gasteiger partial charge in [-0.25, -0.2) is 4.98 Å². The number of nitrogens with one attached hydrogen (secondary N) is 2. The molecule has 1 fully saturated rings. The van der Waals surface area contributed by atoms with Crippen LogP contribution >= 0.6 is 12.2 Å². The Hall–Kier alpha value is -4.55. The summed E-state index contributed by atoms with van der Waals surface area (Å²) in [7, 11) is 0. The molecule has 0 bridgehead atoms. The Morgan fingerprint density at radius 3 is 2.66 bits per heavy atom. The first-order chi connectivity index (χ1) is 18.3. The summed E-state index contributed by atoms with van der Waals surface area (Å²) < 4.78 is 11.2. The van der Waals surface area contributed by atoms with Crippen LogP contribution in [0.4, 0.5) is 17.1 Å². The first kappa shape index (κ1) is 25.1. The van der Waals surface area contributed by atoms with Crippen molar-refractivity contribution >= 4 is 51.4 Å². The van der Waals surface area contributed by atoms with Gasteiger partial charge in [-0.05, 0) is 55.0 Å². The van der Waals surface area contributed by atoms with Crippen molar-refractivity contribution < 1.29 is 24.0 Å². The summed E-state index contributed by atoms with van der Waals surface area (Å²) in [6.45, 7) is 4.02. The molecule has 11 nitrogen and oxygen atoms in total. The van der Waals surface area contributed by atoms with Crippen LogP contribution in [-0.4, -0.2) is 52.3 Å². The summed E-state index contributed by atoms with van der Waals surface area (Å²) in [5.41, 5.74) is 3.59. The molecule has 2 heterocycles. The number of phenols is 1. The number of benzene rings is 3. The molecule has 1 aliphatic heterocycles. The van der Waals surface area contributed by atoms with Crippen molar-refractivity contribution in [2.24, 2.45) is 0 Å². The van der Waals surface area contributed by atoms with Crippen LogP contribution in [0.3, 0.4) is 0 Å². The molecule has 1 aliphatic rings. The van der Waals surface area contributed by atoms with E-state index in [4.69, 9.17) is 21.4 Å². The standard InChI is InChI=1S/C26H23N5O6S/c1-15-2-6-20-23(12-15)37-25(28-20)18-5-3-16(13-22(18)32)27-26(38)29-24(33)19-14-17(31(34)35)4-7-21(19)30-8-10-36-11-9-30/h2-7,12-14,32H,8-11H2,1H3,(H2,27,29,33,38). The summed E-state index contributed by atoms with van der Waals surface area (Å²) in [5, 5.41) is 27.3. The maximum atomic E-state index is 13.1. The number of morpholine rings is 1. The first-order valence-electron chi connectivity index (χ1n) is 11.7. The third-order valence-electron chi connectivity index (χ3n) is 6.04. The average Bonchev–Trinajstić information content (AvgIpc) is 3.31. The number of hydrogen-bond acceptors (Lipinski definition) is 9. The number of aromatic nitrogens is 1. The number of thiocarbonyl (C=S) groups is 1. The molecule has 0 spiro atoms. The largest absolute Gasteiger partial charge is 0.507 e. The van der Waals surface area contributed by atoms with Crippen LogP contribution in [0, 0.1) is 17.0 Å². The van der Waals surface area contributed by atoms with Crippen molar-refractivity contribution in [1.82, 2.24) is 10.3 Å². The van der Waals surface area contributed by atoms with Gasteiger partial charge in [-0.3, -0.25) is 20.2 Å². The molecule has 0 radical (unpaired) electrons. The zero-order valence-electron chi connectivity index (χ0n) is 20.3. The van der Waals surface area contributed by atoms with Gasteiger partial charge < -0.3 is 24.5 Å². The van der Waals surface area contributed by atoms with E-state index in [9.17, 15) is 20.0 Å². The number of carbonyl (C=O) groups is 1. The summed E-state index contributed by atoms with van der Waals surface area (Å²) in [4.78, 5) is 30.2. The van der Waals surface area contributed by atoms with E-state index >= 15 is 0 Å². The van der Waals surface area contributed by atoms with Gasteiger partial charge in [-0.2, -0.15) is 0 Å². The minimum absolute atomic E-state index is 0.0427. The topological polar surface area (TPSA) is 143 Å². The number of amides is 1. The molecule has 38 heavy (non-hydrogen) atoms. The van der Waals surface area contributed by atoms with E-state index in [1.165, 1.54) is 18.2 Å². The monoisotopic (exact) mass is 533 g/mol. The van der Waals surface area contributed by atoms with Crippen LogP contribution < -0.4 is 15.5 Å². The molecule has 1 aromatic heterocycles. The minimum Gasteiger partial charge on any atom is -0.507 e. The fraction of sp³-hybridized carbons (Fsp3) is 0.192. The van der Waals surface area contributed by atoms with Crippen LogP contribution in [0.5, 0.6) is 5.75 Å². The highest BCUT2D eigenvalue weighted by Gasteiger charge is 2.23. The van der Waals surface area contributed by atoms with Gasteiger partial charge in [0, 0.05) is 37.0 Å². The van der Waals surface area contributed by atoms with E-state index in [1.807, 2.05) is 30.0 Å². The third kappa shape index (κ3) is 5.26. The number of oxazole rings is 1. The molecule has 0 unspecified atom stereocenters. The molecule has 5 rings (SSSR count). The number of carbonyl (C=O) groups excluding carboxylic acids is 1.